The fourth-order valence-corrected chi connectivity index (χ4v) is 5.22. The Bertz CT molecular complexity index is 986. The molecule has 0 bridgehead atoms. The Morgan fingerprint density at radius 1 is 1.11 bits per heavy atom. The molecular weight excluding hydrogens is 503 g/mol. The van der Waals surface area contributed by atoms with E-state index in [4.69, 9.17) is 32.7 Å². The van der Waals surface area contributed by atoms with Crippen LogP contribution in [0.3, 0.4) is 0 Å². The topological polar surface area (TPSA) is 76.2 Å². The Kier molecular flexibility index (Phi) is 10.7. The molecule has 2 atom stereocenters. The van der Waals surface area contributed by atoms with Crippen LogP contribution in [0.2, 0.25) is 0 Å². The van der Waals surface area contributed by atoms with Crippen LogP contribution in [0, 0.1) is 5.41 Å². The number of nitrogens with zero attached hydrogens (tertiary/aromatic N) is 2. The summed E-state index contributed by atoms with van der Waals surface area (Å²) in [5.41, 5.74) is -0.783. The SMILES string of the molecule is C=CCC1=CC(=O)C(OC)(C(C)(C)CC(=O)N(C)c2ccc(N(CCCl)CCCl)cc2)C(OC)C1=O. The molecule has 0 aromatic heterocycles. The molecule has 2 unspecified atom stereocenters. The standard InChI is InChI=1S/C27H36Cl2N2O5/c1-7-8-19-17-22(32)27(36-6,25(35-5)24(19)34)26(2,3)18-23(33)30(4)20-9-11-21(12-10-20)31(15-13-28)16-14-29/h7,9-12,17,25H,1,8,13-16,18H2,2-6H3. The van der Waals surface area contributed by atoms with Gasteiger partial charge in [0.1, 0.15) is 0 Å². The maximum absolute atomic E-state index is 13.4. The number of methoxy groups -OCH3 is 2. The van der Waals surface area contributed by atoms with E-state index >= 15 is 0 Å². The van der Waals surface area contributed by atoms with Gasteiger partial charge in [-0.1, -0.05) is 19.9 Å². The lowest BCUT2D eigenvalue weighted by molar-refractivity contribution is -0.191. The van der Waals surface area contributed by atoms with Gasteiger partial charge in [-0.05, 0) is 36.8 Å². The predicted octanol–water partition coefficient (Wildman–Crippen LogP) is 4.40. The molecule has 1 amide bonds. The van der Waals surface area contributed by atoms with Gasteiger partial charge in [-0.25, -0.2) is 0 Å². The summed E-state index contributed by atoms with van der Waals surface area (Å²) in [4.78, 5) is 43.5. The molecule has 0 spiro atoms. The lowest BCUT2D eigenvalue weighted by Crippen LogP contribution is -2.66. The highest BCUT2D eigenvalue weighted by Gasteiger charge is 2.61. The summed E-state index contributed by atoms with van der Waals surface area (Å²) in [6.07, 6.45) is 1.86. The van der Waals surface area contributed by atoms with E-state index < -0.39 is 22.9 Å². The largest absolute Gasteiger partial charge is 0.370 e. The molecule has 0 fully saturated rings. The van der Waals surface area contributed by atoms with Crippen molar-refractivity contribution in [3.8, 4) is 0 Å². The number of anilines is 2. The molecule has 2 rings (SSSR count). The van der Waals surface area contributed by atoms with E-state index in [0.29, 0.717) is 36.1 Å². The molecule has 1 aliphatic carbocycles. The molecule has 0 heterocycles. The van der Waals surface area contributed by atoms with E-state index in [0.717, 1.165) is 5.69 Å². The Morgan fingerprint density at radius 3 is 2.14 bits per heavy atom. The highest BCUT2D eigenvalue weighted by atomic mass is 35.5. The quantitative estimate of drug-likeness (QED) is 0.273. The minimum absolute atomic E-state index is 0.0623. The first-order valence-corrected chi connectivity index (χ1v) is 12.8. The predicted molar refractivity (Wildman–Crippen MR) is 145 cm³/mol. The number of carbonyl (C=O) groups is 3. The Labute approximate surface area is 224 Å². The smallest absolute Gasteiger partial charge is 0.227 e. The molecule has 9 heteroatoms. The molecular formula is C27H36Cl2N2O5. The van der Waals surface area contributed by atoms with Crippen LogP contribution in [-0.2, 0) is 23.9 Å². The molecule has 7 nitrogen and oxygen atoms in total. The first-order valence-electron chi connectivity index (χ1n) is 11.8. The number of alkyl halides is 2. The number of allylic oxidation sites excluding steroid dienone is 1. The van der Waals surface area contributed by atoms with Crippen molar-refractivity contribution in [2.24, 2.45) is 5.41 Å². The lowest BCUT2D eigenvalue weighted by Gasteiger charge is -2.49. The third kappa shape index (κ3) is 5.86. The molecule has 1 aromatic rings. The van der Waals surface area contributed by atoms with Gasteiger partial charge in [0, 0.05) is 74.9 Å². The van der Waals surface area contributed by atoms with Crippen molar-refractivity contribution in [3.63, 3.8) is 0 Å². The maximum Gasteiger partial charge on any atom is 0.227 e. The third-order valence-electron chi connectivity index (χ3n) is 6.80. The maximum atomic E-state index is 13.4. The Morgan fingerprint density at radius 2 is 1.67 bits per heavy atom. The number of hydrogen-bond acceptors (Lipinski definition) is 6. The first kappa shape index (κ1) is 30.0. The van der Waals surface area contributed by atoms with E-state index in [9.17, 15) is 14.4 Å². The van der Waals surface area contributed by atoms with Crippen LogP contribution in [0.15, 0.2) is 48.6 Å². The van der Waals surface area contributed by atoms with Gasteiger partial charge in [-0.15, -0.1) is 29.8 Å². The number of ketones is 2. The molecule has 198 valence electrons. The van der Waals surface area contributed by atoms with Crippen molar-refractivity contribution in [1.82, 2.24) is 0 Å². The number of carbonyl (C=O) groups excluding carboxylic acids is 3. The average Bonchev–Trinajstić information content (AvgIpc) is 2.85. The number of amides is 1. The molecule has 1 aromatic carbocycles. The molecule has 0 aliphatic heterocycles. The van der Waals surface area contributed by atoms with Gasteiger partial charge >= 0.3 is 0 Å². The number of halogens is 2. The second-order valence-corrected chi connectivity index (χ2v) is 10.1. The van der Waals surface area contributed by atoms with Crippen molar-refractivity contribution >= 4 is 52.1 Å². The molecule has 0 N–H and O–H groups in total. The summed E-state index contributed by atoms with van der Waals surface area (Å²) < 4.78 is 11.3. The van der Waals surface area contributed by atoms with Gasteiger partial charge in [-0.2, -0.15) is 0 Å². The summed E-state index contributed by atoms with van der Waals surface area (Å²) >= 11 is 11.8. The van der Waals surface area contributed by atoms with Gasteiger partial charge in [0.05, 0.1) is 0 Å². The van der Waals surface area contributed by atoms with Gasteiger partial charge in [0.15, 0.2) is 23.3 Å². The summed E-state index contributed by atoms with van der Waals surface area (Å²) in [5.74, 6) is -0.0418. The normalized spacial score (nSPS) is 20.2. The zero-order valence-corrected chi connectivity index (χ0v) is 23.2. The number of ether oxygens (including phenoxy) is 2. The number of benzene rings is 1. The first-order chi connectivity index (χ1) is 17.0. The fraction of sp³-hybridized carbons (Fsp3) is 0.519. The van der Waals surface area contributed by atoms with Crippen LogP contribution < -0.4 is 9.80 Å². The van der Waals surface area contributed by atoms with Crippen molar-refractivity contribution < 1.29 is 23.9 Å². The number of Topliss-reactive ketones (excluding diaryl/α,β-unsaturated/α-hetero) is 1. The minimum Gasteiger partial charge on any atom is -0.370 e. The average molecular weight is 540 g/mol. The Balaban J connectivity index is 2.32. The molecule has 0 radical (unpaired) electrons. The van der Waals surface area contributed by atoms with Crippen LogP contribution in [0.5, 0.6) is 0 Å². The van der Waals surface area contributed by atoms with Crippen molar-refractivity contribution in [2.45, 2.75) is 38.4 Å². The lowest BCUT2D eigenvalue weighted by atomic mass is 9.63. The van der Waals surface area contributed by atoms with Crippen LogP contribution in [0.4, 0.5) is 11.4 Å². The molecule has 36 heavy (non-hydrogen) atoms. The highest BCUT2D eigenvalue weighted by molar-refractivity contribution is 6.18. The summed E-state index contributed by atoms with van der Waals surface area (Å²) in [7, 11) is 4.40. The molecule has 0 saturated carbocycles. The minimum atomic E-state index is -1.66. The van der Waals surface area contributed by atoms with E-state index in [2.05, 4.69) is 11.5 Å². The van der Waals surface area contributed by atoms with Crippen molar-refractivity contribution in [3.05, 3.63) is 48.6 Å². The Hall–Kier alpha value is -2.19. The zero-order chi connectivity index (χ0) is 27.1. The van der Waals surface area contributed by atoms with Crippen LogP contribution in [-0.4, -0.2) is 75.3 Å². The monoisotopic (exact) mass is 538 g/mol. The van der Waals surface area contributed by atoms with E-state index in [1.807, 2.05) is 24.3 Å². The number of hydrogen-bond donors (Lipinski definition) is 0. The van der Waals surface area contributed by atoms with Crippen molar-refractivity contribution in [1.29, 1.82) is 0 Å². The zero-order valence-electron chi connectivity index (χ0n) is 21.7. The van der Waals surface area contributed by atoms with Gasteiger partial charge in [-0.3, -0.25) is 14.4 Å². The van der Waals surface area contributed by atoms with Gasteiger partial charge in [0.2, 0.25) is 5.91 Å². The third-order valence-corrected chi connectivity index (χ3v) is 7.14. The fourth-order valence-electron chi connectivity index (χ4n) is 4.81. The van der Waals surface area contributed by atoms with E-state index in [-0.39, 0.29) is 24.5 Å². The second-order valence-electron chi connectivity index (χ2n) is 9.34. The summed E-state index contributed by atoms with van der Waals surface area (Å²) in [6, 6.07) is 7.52. The van der Waals surface area contributed by atoms with Crippen LogP contribution in [0.25, 0.3) is 0 Å². The second kappa shape index (κ2) is 12.9. The van der Waals surface area contributed by atoms with Gasteiger partial charge in [0.25, 0.3) is 0 Å². The summed E-state index contributed by atoms with van der Waals surface area (Å²) in [5, 5.41) is 0. The molecule has 0 saturated heterocycles. The van der Waals surface area contributed by atoms with Crippen LogP contribution >= 0.6 is 23.2 Å². The van der Waals surface area contributed by atoms with E-state index in [1.54, 1.807) is 27.0 Å². The van der Waals surface area contributed by atoms with E-state index in [1.165, 1.54) is 25.2 Å². The highest BCUT2D eigenvalue weighted by Crippen LogP contribution is 2.45. The van der Waals surface area contributed by atoms with Crippen molar-refractivity contribution in [2.75, 3.05) is 55.9 Å². The molecule has 1 aliphatic rings. The van der Waals surface area contributed by atoms with Crippen LogP contribution in [0.1, 0.15) is 26.7 Å². The number of rotatable bonds is 13. The summed E-state index contributed by atoms with van der Waals surface area (Å²) in [6.45, 7) is 8.45. The van der Waals surface area contributed by atoms with Gasteiger partial charge < -0.3 is 19.3 Å².